The molecule has 2 N–H and O–H groups in total. The Morgan fingerprint density at radius 1 is 1.38 bits per heavy atom. The van der Waals surface area contributed by atoms with Gasteiger partial charge in [-0.05, 0) is 66.6 Å². The highest BCUT2D eigenvalue weighted by Crippen LogP contribution is 2.56. The molecule has 1 aliphatic carbocycles. The number of hydrogen-bond donors (Lipinski definition) is 2. The van der Waals surface area contributed by atoms with Crippen molar-refractivity contribution in [3.8, 4) is 0 Å². The van der Waals surface area contributed by atoms with Gasteiger partial charge in [0.15, 0.2) is 0 Å². The molecule has 1 spiro atoms. The summed E-state index contributed by atoms with van der Waals surface area (Å²) in [5.41, 5.74) is 1.52. The van der Waals surface area contributed by atoms with Crippen molar-refractivity contribution in [2.45, 2.75) is 50.7 Å². The first kappa shape index (κ1) is 17.7. The summed E-state index contributed by atoms with van der Waals surface area (Å²) in [5, 5.41) is 10.4. The summed E-state index contributed by atoms with van der Waals surface area (Å²) < 4.78 is 0. The molecule has 7 heteroatoms. The lowest BCUT2D eigenvalue weighted by atomic mass is 9.93. The van der Waals surface area contributed by atoms with E-state index in [4.69, 9.17) is 0 Å². The van der Waals surface area contributed by atoms with Gasteiger partial charge in [-0.2, -0.15) is 11.3 Å². The Morgan fingerprint density at radius 3 is 2.79 bits per heavy atom. The quantitative estimate of drug-likeness (QED) is 0.852. The third kappa shape index (κ3) is 3.32. The van der Waals surface area contributed by atoms with Crippen LogP contribution in [0.2, 0.25) is 0 Å². The summed E-state index contributed by atoms with van der Waals surface area (Å²) >= 11 is 1.67. The Labute approximate surface area is 152 Å². The molecule has 0 bridgehead atoms. The van der Waals surface area contributed by atoms with Gasteiger partial charge in [0, 0.05) is 19.0 Å². The maximum Gasteiger partial charge on any atom is 0.245 e. The molecule has 0 aromatic carbocycles. The Kier molecular flexibility index (Phi) is 5.18. The van der Waals surface area contributed by atoms with Crippen molar-refractivity contribution in [1.82, 2.24) is 15.5 Å². The van der Waals surface area contributed by atoms with Crippen LogP contribution in [0.25, 0.3) is 0 Å². The van der Waals surface area contributed by atoms with Gasteiger partial charge in [-0.1, -0.05) is 0 Å². The zero-order chi connectivity index (χ0) is 15.9. The van der Waals surface area contributed by atoms with E-state index in [1.54, 1.807) is 11.3 Å². The van der Waals surface area contributed by atoms with Crippen molar-refractivity contribution in [2.75, 3.05) is 13.1 Å². The minimum atomic E-state index is -0.319. The van der Waals surface area contributed by atoms with Crippen molar-refractivity contribution >= 4 is 35.6 Å². The zero-order valence-corrected chi connectivity index (χ0v) is 15.3. The van der Waals surface area contributed by atoms with E-state index in [-0.39, 0.29) is 30.3 Å². The van der Waals surface area contributed by atoms with Crippen LogP contribution in [0.3, 0.4) is 0 Å². The van der Waals surface area contributed by atoms with Crippen LogP contribution in [0.4, 0.5) is 0 Å². The monoisotopic (exact) mass is 369 g/mol. The number of amides is 2. The van der Waals surface area contributed by atoms with Gasteiger partial charge in [-0.3, -0.25) is 9.59 Å². The van der Waals surface area contributed by atoms with Crippen LogP contribution in [0.1, 0.15) is 37.7 Å². The summed E-state index contributed by atoms with van der Waals surface area (Å²) in [6.45, 7) is 2.78. The molecule has 3 aliphatic rings. The fraction of sp³-hybridized carbons (Fsp3) is 0.647. The molecule has 2 aliphatic heterocycles. The lowest BCUT2D eigenvalue weighted by molar-refractivity contribution is -0.136. The molecule has 3 heterocycles. The van der Waals surface area contributed by atoms with Gasteiger partial charge in [0.2, 0.25) is 11.8 Å². The predicted octanol–water partition coefficient (Wildman–Crippen LogP) is 1.92. The largest absolute Gasteiger partial charge is 0.344 e. The Morgan fingerprint density at radius 2 is 2.17 bits per heavy atom. The average Bonchev–Trinajstić information content (AvgIpc) is 2.97. The van der Waals surface area contributed by atoms with Crippen LogP contribution >= 0.6 is 23.7 Å². The van der Waals surface area contributed by atoms with Gasteiger partial charge in [-0.15, -0.1) is 12.4 Å². The number of carbonyl (C=O) groups excluding carboxylic acids is 2. The first-order valence-electron chi connectivity index (χ1n) is 8.50. The molecular weight excluding hydrogens is 346 g/mol. The third-order valence-corrected chi connectivity index (χ3v) is 6.36. The van der Waals surface area contributed by atoms with E-state index >= 15 is 0 Å². The van der Waals surface area contributed by atoms with Crippen LogP contribution in [-0.2, 0) is 16.1 Å². The minimum absolute atomic E-state index is 0. The molecule has 2 atom stereocenters. The van der Waals surface area contributed by atoms with E-state index in [9.17, 15) is 9.59 Å². The highest BCUT2D eigenvalue weighted by Gasteiger charge is 2.58. The van der Waals surface area contributed by atoms with Crippen molar-refractivity contribution in [2.24, 2.45) is 5.41 Å². The summed E-state index contributed by atoms with van der Waals surface area (Å²) in [4.78, 5) is 26.6. The van der Waals surface area contributed by atoms with E-state index in [1.807, 2.05) is 0 Å². The first-order valence-corrected chi connectivity index (χ1v) is 9.44. The molecule has 3 fully saturated rings. The first-order chi connectivity index (χ1) is 11.2. The number of thiophene rings is 1. The summed E-state index contributed by atoms with van der Waals surface area (Å²) in [6, 6.07) is 2.12. The Balaban J connectivity index is 0.00000169. The normalized spacial score (nSPS) is 27.4. The summed E-state index contributed by atoms with van der Waals surface area (Å²) in [5.74, 6) is 0.119. The molecule has 24 heavy (non-hydrogen) atoms. The van der Waals surface area contributed by atoms with Gasteiger partial charge in [0.05, 0.1) is 0 Å². The van der Waals surface area contributed by atoms with E-state index in [0.29, 0.717) is 30.8 Å². The SMILES string of the molecule is Cl.O=C1CC[C@H](C(=O)N(Cc2ccsc2)C2CC23CCNCC3)N1. The van der Waals surface area contributed by atoms with E-state index in [1.165, 1.54) is 5.56 Å². The number of nitrogens with one attached hydrogen (secondary N) is 2. The van der Waals surface area contributed by atoms with E-state index in [0.717, 1.165) is 32.4 Å². The number of hydrogen-bond acceptors (Lipinski definition) is 4. The maximum atomic E-state index is 13.0. The molecule has 4 rings (SSSR count). The zero-order valence-electron chi connectivity index (χ0n) is 13.6. The second-order valence-electron chi connectivity index (χ2n) is 7.09. The second-order valence-corrected chi connectivity index (χ2v) is 7.87. The molecule has 1 unspecified atom stereocenters. The molecule has 0 radical (unpaired) electrons. The number of halogens is 1. The van der Waals surface area contributed by atoms with Crippen LogP contribution in [0, 0.1) is 5.41 Å². The van der Waals surface area contributed by atoms with Crippen molar-refractivity contribution in [3.05, 3.63) is 22.4 Å². The fourth-order valence-electron chi connectivity index (χ4n) is 4.15. The molecule has 1 saturated carbocycles. The maximum absolute atomic E-state index is 13.0. The van der Waals surface area contributed by atoms with Gasteiger partial charge in [0.25, 0.3) is 0 Å². The molecule has 1 aromatic rings. The second kappa shape index (κ2) is 7.02. The highest BCUT2D eigenvalue weighted by molar-refractivity contribution is 7.07. The van der Waals surface area contributed by atoms with Gasteiger partial charge in [-0.25, -0.2) is 0 Å². The van der Waals surface area contributed by atoms with Gasteiger partial charge >= 0.3 is 0 Å². The summed E-state index contributed by atoms with van der Waals surface area (Å²) in [7, 11) is 0. The van der Waals surface area contributed by atoms with Crippen LogP contribution in [0.5, 0.6) is 0 Å². The number of carbonyl (C=O) groups is 2. The fourth-order valence-corrected chi connectivity index (χ4v) is 4.81. The molecule has 1 aromatic heterocycles. The van der Waals surface area contributed by atoms with Gasteiger partial charge < -0.3 is 15.5 Å². The molecule has 5 nitrogen and oxygen atoms in total. The van der Waals surface area contributed by atoms with E-state index in [2.05, 4.69) is 32.4 Å². The Hall–Kier alpha value is -1.11. The van der Waals surface area contributed by atoms with Crippen molar-refractivity contribution < 1.29 is 9.59 Å². The van der Waals surface area contributed by atoms with Crippen molar-refractivity contribution in [1.29, 1.82) is 0 Å². The van der Waals surface area contributed by atoms with E-state index < -0.39 is 0 Å². The Bertz CT molecular complexity index is 601. The lowest BCUT2D eigenvalue weighted by Crippen LogP contribution is -2.47. The topological polar surface area (TPSA) is 61.4 Å². The minimum Gasteiger partial charge on any atom is -0.344 e. The average molecular weight is 370 g/mol. The summed E-state index contributed by atoms with van der Waals surface area (Å²) in [6.07, 6.45) is 4.54. The molecular formula is C17H24ClN3O2S. The highest BCUT2D eigenvalue weighted by atomic mass is 35.5. The predicted molar refractivity (Wildman–Crippen MR) is 96.2 cm³/mol. The molecule has 2 saturated heterocycles. The van der Waals surface area contributed by atoms with Crippen LogP contribution in [-0.4, -0.2) is 41.9 Å². The van der Waals surface area contributed by atoms with Crippen LogP contribution < -0.4 is 10.6 Å². The molecule has 132 valence electrons. The third-order valence-electron chi connectivity index (χ3n) is 5.63. The smallest absolute Gasteiger partial charge is 0.245 e. The van der Waals surface area contributed by atoms with Crippen molar-refractivity contribution in [3.63, 3.8) is 0 Å². The van der Waals surface area contributed by atoms with Crippen LogP contribution in [0.15, 0.2) is 16.8 Å². The van der Waals surface area contributed by atoms with Gasteiger partial charge in [0.1, 0.15) is 6.04 Å². The number of piperidine rings is 1. The number of rotatable bonds is 4. The number of nitrogens with zero attached hydrogens (tertiary/aromatic N) is 1. The standard InChI is InChI=1S/C17H23N3O2S.ClH/c21-15-2-1-13(19-15)16(22)20(10-12-3-8-23-11-12)14-9-17(14)4-6-18-7-5-17;/h3,8,11,13-14,18H,1-2,4-7,9-10H2,(H,19,21);1H/t13-,14?;/m1./s1. The lowest BCUT2D eigenvalue weighted by Gasteiger charge is -2.31. The molecule has 2 amide bonds.